The topological polar surface area (TPSA) is 98.1 Å². The molecule has 0 spiro atoms. The lowest BCUT2D eigenvalue weighted by molar-refractivity contribution is -0.119. The van der Waals surface area contributed by atoms with E-state index in [-0.39, 0.29) is 17.7 Å². The summed E-state index contributed by atoms with van der Waals surface area (Å²) in [6.45, 7) is 1.23. The first kappa shape index (κ1) is 23.2. The third-order valence-corrected chi connectivity index (χ3v) is 6.20. The summed E-state index contributed by atoms with van der Waals surface area (Å²) in [6.07, 6.45) is 1.92. The van der Waals surface area contributed by atoms with E-state index in [0.717, 1.165) is 12.8 Å². The van der Waals surface area contributed by atoms with Crippen LogP contribution in [0.5, 0.6) is 0 Å². The van der Waals surface area contributed by atoms with Crippen molar-refractivity contribution in [2.24, 2.45) is 0 Å². The monoisotopic (exact) mass is 489 g/mol. The SMILES string of the molecule is O=C(CSc1nnc(-c2ccc(F)cc2)n1CC1CCCO1)NNC(=O)c1ccc(Cl)cc1. The number of thioether (sulfide) groups is 1. The molecule has 2 amide bonds. The molecular weight excluding hydrogens is 469 g/mol. The molecule has 1 fully saturated rings. The quantitative estimate of drug-likeness (QED) is 0.389. The third kappa shape index (κ3) is 6.10. The van der Waals surface area contributed by atoms with Crippen LogP contribution in [0, 0.1) is 5.82 Å². The molecule has 11 heteroatoms. The molecule has 33 heavy (non-hydrogen) atoms. The van der Waals surface area contributed by atoms with Crippen LogP contribution in [-0.4, -0.2) is 45.0 Å². The fourth-order valence-electron chi connectivity index (χ4n) is 3.33. The van der Waals surface area contributed by atoms with E-state index in [9.17, 15) is 14.0 Å². The van der Waals surface area contributed by atoms with Crippen molar-refractivity contribution in [3.8, 4) is 11.4 Å². The zero-order valence-electron chi connectivity index (χ0n) is 17.5. The van der Waals surface area contributed by atoms with Gasteiger partial charge in [-0.25, -0.2) is 4.39 Å². The zero-order chi connectivity index (χ0) is 23.2. The number of halogens is 2. The van der Waals surface area contributed by atoms with Gasteiger partial charge in [-0.05, 0) is 61.4 Å². The highest BCUT2D eigenvalue weighted by atomic mass is 35.5. The first-order valence-corrected chi connectivity index (χ1v) is 11.6. The second-order valence-electron chi connectivity index (χ2n) is 7.36. The van der Waals surface area contributed by atoms with Crippen LogP contribution < -0.4 is 10.9 Å². The molecule has 0 saturated carbocycles. The maximum atomic E-state index is 13.4. The predicted molar refractivity (Wildman–Crippen MR) is 122 cm³/mol. The van der Waals surface area contributed by atoms with Crippen molar-refractivity contribution in [2.75, 3.05) is 12.4 Å². The molecule has 4 rings (SSSR count). The highest BCUT2D eigenvalue weighted by Crippen LogP contribution is 2.26. The van der Waals surface area contributed by atoms with Crippen LogP contribution in [0.1, 0.15) is 23.2 Å². The molecule has 8 nitrogen and oxygen atoms in total. The molecule has 1 atom stereocenters. The van der Waals surface area contributed by atoms with Gasteiger partial charge in [0.25, 0.3) is 5.91 Å². The van der Waals surface area contributed by atoms with Crippen LogP contribution in [0.3, 0.4) is 0 Å². The number of amides is 2. The summed E-state index contributed by atoms with van der Waals surface area (Å²) in [4.78, 5) is 24.4. The van der Waals surface area contributed by atoms with Gasteiger partial charge in [0.2, 0.25) is 5.91 Å². The summed E-state index contributed by atoms with van der Waals surface area (Å²) in [5.74, 6) is -0.615. The van der Waals surface area contributed by atoms with E-state index in [4.69, 9.17) is 16.3 Å². The number of benzene rings is 2. The maximum absolute atomic E-state index is 13.4. The van der Waals surface area contributed by atoms with Crippen LogP contribution in [0.15, 0.2) is 53.7 Å². The summed E-state index contributed by atoms with van der Waals surface area (Å²) >= 11 is 7.00. The standard InChI is InChI=1S/C22H21ClFN5O3S/c23-16-7-3-15(4-8-16)21(31)27-25-19(30)13-33-22-28-26-20(14-5-9-17(24)10-6-14)29(22)12-18-2-1-11-32-18/h3-10,18H,1-2,11-13H2,(H,25,30)(H,27,31). The van der Waals surface area contributed by atoms with Crippen molar-refractivity contribution in [3.63, 3.8) is 0 Å². The Morgan fingerprint density at radius 1 is 1.12 bits per heavy atom. The zero-order valence-corrected chi connectivity index (χ0v) is 19.0. The molecule has 0 aliphatic carbocycles. The van der Waals surface area contributed by atoms with Gasteiger partial charge in [-0.2, -0.15) is 0 Å². The van der Waals surface area contributed by atoms with Crippen molar-refractivity contribution in [3.05, 3.63) is 64.9 Å². The van der Waals surface area contributed by atoms with E-state index in [0.29, 0.717) is 40.3 Å². The van der Waals surface area contributed by atoms with E-state index in [1.165, 1.54) is 23.9 Å². The highest BCUT2D eigenvalue weighted by Gasteiger charge is 2.22. The van der Waals surface area contributed by atoms with Crippen molar-refractivity contribution in [1.29, 1.82) is 0 Å². The highest BCUT2D eigenvalue weighted by molar-refractivity contribution is 7.99. The Bertz CT molecular complexity index is 1120. The van der Waals surface area contributed by atoms with Gasteiger partial charge in [0.1, 0.15) is 5.82 Å². The molecule has 0 radical (unpaired) electrons. The molecule has 2 N–H and O–H groups in total. The predicted octanol–water partition coefficient (Wildman–Crippen LogP) is 3.47. The number of aromatic nitrogens is 3. The van der Waals surface area contributed by atoms with Gasteiger partial charge < -0.3 is 4.74 Å². The summed E-state index contributed by atoms with van der Waals surface area (Å²) in [5, 5.41) is 9.53. The van der Waals surface area contributed by atoms with Gasteiger partial charge in [0.05, 0.1) is 18.4 Å². The molecule has 2 heterocycles. The first-order chi connectivity index (χ1) is 16.0. The Hall–Kier alpha value is -2.95. The van der Waals surface area contributed by atoms with Gasteiger partial charge in [0.15, 0.2) is 11.0 Å². The Balaban J connectivity index is 1.40. The molecule has 1 aromatic heterocycles. The molecule has 0 bridgehead atoms. The van der Waals surface area contributed by atoms with Crippen LogP contribution in [-0.2, 0) is 16.1 Å². The summed E-state index contributed by atoms with van der Waals surface area (Å²) < 4.78 is 21.0. The normalized spacial score (nSPS) is 15.4. The molecule has 3 aromatic rings. The van der Waals surface area contributed by atoms with Gasteiger partial charge in [0, 0.05) is 22.8 Å². The lowest BCUT2D eigenvalue weighted by atomic mass is 10.2. The smallest absolute Gasteiger partial charge is 0.269 e. The molecule has 1 aliphatic heterocycles. The Labute approximate surface area is 198 Å². The number of nitrogens with one attached hydrogen (secondary N) is 2. The molecular formula is C22H21ClFN5O3S. The minimum absolute atomic E-state index is 0.00791. The van der Waals surface area contributed by atoms with Crippen LogP contribution in [0.2, 0.25) is 5.02 Å². The van der Waals surface area contributed by atoms with Crippen molar-refractivity contribution >= 4 is 35.2 Å². The van der Waals surface area contributed by atoms with E-state index < -0.39 is 11.8 Å². The third-order valence-electron chi connectivity index (χ3n) is 4.98. The summed E-state index contributed by atoms with van der Waals surface area (Å²) in [7, 11) is 0. The molecule has 1 unspecified atom stereocenters. The fraction of sp³-hybridized carbons (Fsp3) is 0.273. The maximum Gasteiger partial charge on any atom is 0.269 e. The number of hydrazine groups is 1. The van der Waals surface area contributed by atoms with Gasteiger partial charge in [-0.3, -0.25) is 25.0 Å². The summed E-state index contributed by atoms with van der Waals surface area (Å²) in [6, 6.07) is 12.3. The lowest BCUT2D eigenvalue weighted by Crippen LogP contribution is -2.42. The van der Waals surface area contributed by atoms with Crippen molar-refractivity contribution in [1.82, 2.24) is 25.6 Å². The van der Waals surface area contributed by atoms with Gasteiger partial charge in [-0.15, -0.1) is 10.2 Å². The van der Waals surface area contributed by atoms with E-state index >= 15 is 0 Å². The fourth-order valence-corrected chi connectivity index (χ4v) is 4.20. The van der Waals surface area contributed by atoms with E-state index in [2.05, 4.69) is 21.0 Å². The molecule has 172 valence electrons. The summed E-state index contributed by atoms with van der Waals surface area (Å²) in [5.41, 5.74) is 5.84. The lowest BCUT2D eigenvalue weighted by Gasteiger charge is -2.14. The van der Waals surface area contributed by atoms with Crippen LogP contribution >= 0.6 is 23.4 Å². The number of carbonyl (C=O) groups excluding carboxylic acids is 2. The number of hydrogen-bond donors (Lipinski definition) is 2. The van der Waals surface area contributed by atoms with Crippen molar-refractivity contribution < 1.29 is 18.7 Å². The first-order valence-electron chi connectivity index (χ1n) is 10.3. The van der Waals surface area contributed by atoms with E-state index in [1.807, 2.05) is 4.57 Å². The van der Waals surface area contributed by atoms with Gasteiger partial charge >= 0.3 is 0 Å². The second kappa shape index (κ2) is 10.8. The number of carbonyl (C=O) groups is 2. The number of nitrogens with zero attached hydrogens (tertiary/aromatic N) is 3. The largest absolute Gasteiger partial charge is 0.376 e. The van der Waals surface area contributed by atoms with Crippen LogP contribution in [0.4, 0.5) is 4.39 Å². The number of hydrogen-bond acceptors (Lipinski definition) is 6. The van der Waals surface area contributed by atoms with E-state index in [1.54, 1.807) is 36.4 Å². The Kier molecular flexibility index (Phi) is 7.58. The van der Waals surface area contributed by atoms with Crippen LogP contribution in [0.25, 0.3) is 11.4 Å². The van der Waals surface area contributed by atoms with Crippen molar-refractivity contribution in [2.45, 2.75) is 30.6 Å². The average Bonchev–Trinajstić information content (AvgIpc) is 3.47. The molecule has 1 aliphatic rings. The Morgan fingerprint density at radius 2 is 1.88 bits per heavy atom. The number of ether oxygens (including phenoxy) is 1. The molecule has 1 saturated heterocycles. The Morgan fingerprint density at radius 3 is 2.58 bits per heavy atom. The second-order valence-corrected chi connectivity index (χ2v) is 8.74. The van der Waals surface area contributed by atoms with Gasteiger partial charge in [-0.1, -0.05) is 23.4 Å². The number of rotatable bonds is 7. The minimum Gasteiger partial charge on any atom is -0.376 e. The minimum atomic E-state index is -0.454. The average molecular weight is 490 g/mol. The molecule has 2 aromatic carbocycles.